The number of fused-ring (bicyclic) bond motifs is 3. The third kappa shape index (κ3) is 2.61. The summed E-state index contributed by atoms with van der Waals surface area (Å²) < 4.78 is 1.89. The molecule has 3 nitrogen and oxygen atoms in total. The lowest BCUT2D eigenvalue weighted by Gasteiger charge is -2.24. The molecule has 1 atom stereocenters. The topological polar surface area (TPSA) is 34.0 Å². The van der Waals surface area contributed by atoms with Crippen molar-refractivity contribution in [3.8, 4) is 0 Å². The Morgan fingerprint density at radius 1 is 1.17 bits per heavy atom. The number of benzene rings is 2. The maximum atomic E-state index is 12.2. The van der Waals surface area contributed by atoms with E-state index in [1.807, 2.05) is 40.6 Å². The lowest BCUT2D eigenvalue weighted by molar-refractivity contribution is 0.0932. The largest absolute Gasteiger partial charge is 0.384 e. The molecule has 0 saturated heterocycles. The van der Waals surface area contributed by atoms with E-state index in [1.54, 1.807) is 6.92 Å². The van der Waals surface area contributed by atoms with Gasteiger partial charge in [-0.3, -0.25) is 9.36 Å². The first-order chi connectivity index (χ1) is 11.8. The molecule has 0 bridgehead atoms. The Bertz CT molecular complexity index is 885. The molecule has 2 heterocycles. The van der Waals surface area contributed by atoms with Crippen LogP contribution in [0.15, 0.2) is 59.6 Å². The average Bonchev–Trinajstić information content (AvgIpc) is 2.96. The Hall–Kier alpha value is -2.20. The van der Waals surface area contributed by atoms with Gasteiger partial charge in [-0.2, -0.15) is 0 Å². The van der Waals surface area contributed by atoms with Crippen molar-refractivity contribution < 1.29 is 4.79 Å². The quantitative estimate of drug-likeness (QED) is 0.731. The molecule has 1 unspecified atom stereocenters. The van der Waals surface area contributed by atoms with Crippen molar-refractivity contribution in [1.29, 1.82) is 0 Å². The zero-order valence-electron chi connectivity index (χ0n) is 13.7. The van der Waals surface area contributed by atoms with Gasteiger partial charge < -0.3 is 5.32 Å². The second kappa shape index (κ2) is 6.36. The number of thioether (sulfide) groups is 1. The Balaban J connectivity index is 1.74. The molecule has 0 saturated carbocycles. The lowest BCUT2D eigenvalue weighted by Crippen LogP contribution is -2.18. The number of hydrogen-bond donors (Lipinski definition) is 1. The minimum atomic E-state index is 0.0941. The molecule has 1 aromatic heterocycles. The number of carbonyl (C=O) groups excluding carboxylic acids is 1. The predicted octanol–water partition coefficient (Wildman–Crippen LogP) is 4.99. The molecule has 4 rings (SSSR count). The first kappa shape index (κ1) is 15.3. The lowest BCUT2D eigenvalue weighted by atomic mass is 9.95. The third-order valence-electron chi connectivity index (χ3n) is 4.62. The Kier molecular flexibility index (Phi) is 4.07. The maximum Gasteiger partial charge on any atom is 0.228 e. The van der Waals surface area contributed by atoms with Gasteiger partial charge in [0, 0.05) is 36.2 Å². The van der Waals surface area contributed by atoms with Crippen molar-refractivity contribution >= 4 is 34.3 Å². The minimum Gasteiger partial charge on any atom is -0.384 e. The summed E-state index contributed by atoms with van der Waals surface area (Å²) in [6.07, 6.45) is 1.13. The highest BCUT2D eigenvalue weighted by atomic mass is 32.2. The van der Waals surface area contributed by atoms with Gasteiger partial charge in [-0.05, 0) is 30.2 Å². The van der Waals surface area contributed by atoms with Gasteiger partial charge in [0.25, 0.3) is 0 Å². The summed E-state index contributed by atoms with van der Waals surface area (Å²) >= 11 is 1.81. The van der Waals surface area contributed by atoms with Crippen LogP contribution in [0.5, 0.6) is 0 Å². The summed E-state index contributed by atoms with van der Waals surface area (Å²) in [4.78, 5) is 12.2. The van der Waals surface area contributed by atoms with E-state index in [-0.39, 0.29) is 5.91 Å². The summed E-state index contributed by atoms with van der Waals surface area (Å²) in [6.45, 7) is 2.54. The average molecular weight is 336 g/mol. The van der Waals surface area contributed by atoms with E-state index in [1.165, 1.54) is 10.9 Å². The van der Waals surface area contributed by atoms with Crippen LogP contribution in [0.3, 0.4) is 0 Å². The number of nitrogens with zero attached hydrogens (tertiary/aromatic N) is 1. The van der Waals surface area contributed by atoms with E-state index in [9.17, 15) is 4.79 Å². The van der Waals surface area contributed by atoms with Crippen LogP contribution in [0.1, 0.15) is 29.6 Å². The van der Waals surface area contributed by atoms with Crippen molar-refractivity contribution in [2.45, 2.75) is 24.3 Å². The molecule has 1 aliphatic heterocycles. The van der Waals surface area contributed by atoms with Crippen LogP contribution in [0.25, 0.3) is 10.9 Å². The first-order valence-corrected chi connectivity index (χ1v) is 9.30. The van der Waals surface area contributed by atoms with Gasteiger partial charge in [-0.1, -0.05) is 36.4 Å². The maximum absolute atomic E-state index is 12.2. The van der Waals surface area contributed by atoms with Gasteiger partial charge in [0.2, 0.25) is 5.91 Å². The molecule has 0 amide bonds. The monoisotopic (exact) mass is 336 g/mol. The second-order valence-electron chi connectivity index (χ2n) is 6.17. The molecular formula is C20H20N2OS. The summed E-state index contributed by atoms with van der Waals surface area (Å²) in [6, 6.07) is 18.6. The van der Waals surface area contributed by atoms with Crippen LogP contribution >= 0.6 is 11.8 Å². The van der Waals surface area contributed by atoms with Crippen LogP contribution in [-0.2, 0) is 0 Å². The molecule has 0 spiro atoms. The second-order valence-corrected chi connectivity index (χ2v) is 7.26. The first-order valence-electron chi connectivity index (χ1n) is 8.31. The number of hydrogen-bond acceptors (Lipinski definition) is 3. The summed E-state index contributed by atoms with van der Waals surface area (Å²) in [5.41, 5.74) is 3.52. The van der Waals surface area contributed by atoms with Crippen LogP contribution < -0.4 is 5.32 Å². The summed E-state index contributed by atoms with van der Waals surface area (Å²) in [5, 5.41) is 5.91. The minimum absolute atomic E-state index is 0.0941. The third-order valence-corrected chi connectivity index (χ3v) is 5.74. The van der Waals surface area contributed by atoms with Crippen LogP contribution in [0, 0.1) is 0 Å². The van der Waals surface area contributed by atoms with Crippen molar-refractivity contribution in [3.63, 3.8) is 0 Å². The van der Waals surface area contributed by atoms with E-state index < -0.39 is 0 Å². The number of carbonyl (C=O) groups is 1. The summed E-state index contributed by atoms with van der Waals surface area (Å²) in [7, 11) is 0. The van der Waals surface area contributed by atoms with Gasteiger partial charge in [-0.15, -0.1) is 11.8 Å². The van der Waals surface area contributed by atoms with Gasteiger partial charge in [0.1, 0.15) is 0 Å². The number of anilines is 1. The van der Waals surface area contributed by atoms with Crippen LogP contribution in [0.2, 0.25) is 0 Å². The van der Waals surface area contributed by atoms with Crippen LogP contribution in [-0.4, -0.2) is 22.8 Å². The number of nitrogens with one attached hydrogen (secondary N) is 1. The molecule has 0 fully saturated rings. The van der Waals surface area contributed by atoms with Crippen molar-refractivity contribution in [1.82, 2.24) is 4.57 Å². The Morgan fingerprint density at radius 3 is 2.71 bits per heavy atom. The zero-order valence-corrected chi connectivity index (χ0v) is 14.5. The van der Waals surface area contributed by atoms with E-state index in [4.69, 9.17) is 0 Å². The molecule has 2 aromatic carbocycles. The fourth-order valence-electron chi connectivity index (χ4n) is 3.53. The van der Waals surface area contributed by atoms with Gasteiger partial charge in [-0.25, -0.2) is 0 Å². The van der Waals surface area contributed by atoms with E-state index in [0.717, 1.165) is 34.9 Å². The predicted molar refractivity (Wildman–Crippen MR) is 101 cm³/mol. The molecule has 1 aliphatic rings. The van der Waals surface area contributed by atoms with Gasteiger partial charge >= 0.3 is 0 Å². The molecule has 1 N–H and O–H groups in total. The molecule has 3 aromatic rings. The van der Waals surface area contributed by atoms with Crippen molar-refractivity contribution in [2.24, 2.45) is 0 Å². The highest BCUT2D eigenvalue weighted by Crippen LogP contribution is 2.43. The fraction of sp³-hybridized carbons (Fsp3) is 0.250. The van der Waals surface area contributed by atoms with Crippen molar-refractivity contribution in [2.75, 3.05) is 17.6 Å². The molecule has 0 radical (unpaired) electrons. The SMILES string of the molecule is CC(=O)n1c2c(c3ccccc31)C(CNc1ccccc1)CCS2. The van der Waals surface area contributed by atoms with Gasteiger partial charge in [0.05, 0.1) is 10.5 Å². The highest BCUT2D eigenvalue weighted by molar-refractivity contribution is 7.99. The highest BCUT2D eigenvalue weighted by Gasteiger charge is 2.29. The number of rotatable bonds is 3. The molecule has 122 valence electrons. The smallest absolute Gasteiger partial charge is 0.228 e. The van der Waals surface area contributed by atoms with E-state index in [0.29, 0.717) is 5.92 Å². The molecule has 4 heteroatoms. The Morgan fingerprint density at radius 2 is 1.92 bits per heavy atom. The van der Waals surface area contributed by atoms with Crippen LogP contribution in [0.4, 0.5) is 5.69 Å². The van der Waals surface area contributed by atoms with Crippen molar-refractivity contribution in [3.05, 3.63) is 60.2 Å². The number of para-hydroxylation sites is 2. The summed E-state index contributed by atoms with van der Waals surface area (Å²) in [5.74, 6) is 1.57. The standard InChI is InChI=1S/C20H20N2OS/c1-14(23)22-18-10-6-5-9-17(18)19-15(11-12-24-20(19)22)13-21-16-7-3-2-4-8-16/h2-10,15,21H,11-13H2,1H3. The molecular weight excluding hydrogens is 316 g/mol. The zero-order chi connectivity index (χ0) is 16.5. The normalized spacial score (nSPS) is 16.8. The van der Waals surface area contributed by atoms with E-state index in [2.05, 4.69) is 35.6 Å². The van der Waals surface area contributed by atoms with E-state index >= 15 is 0 Å². The fourth-order valence-corrected chi connectivity index (χ4v) is 4.92. The van der Waals surface area contributed by atoms with Gasteiger partial charge in [0.15, 0.2) is 0 Å². The molecule has 24 heavy (non-hydrogen) atoms. The number of aromatic nitrogens is 1. The Labute approximate surface area is 146 Å². The molecule has 0 aliphatic carbocycles.